The minimum absolute atomic E-state index is 0.0917. The van der Waals surface area contributed by atoms with Gasteiger partial charge in [-0.1, -0.05) is 23.8 Å². The van der Waals surface area contributed by atoms with Crippen molar-refractivity contribution in [1.82, 2.24) is 10.2 Å². The lowest BCUT2D eigenvalue weighted by Gasteiger charge is -2.23. The number of anilines is 1. The lowest BCUT2D eigenvalue weighted by atomic mass is 10.1. The number of nitrogens with zero attached hydrogens (tertiary/aromatic N) is 2. The van der Waals surface area contributed by atoms with Gasteiger partial charge in [0, 0.05) is 24.0 Å². The second-order valence-electron chi connectivity index (χ2n) is 7.54. The Kier molecular flexibility index (Phi) is 7.15. The van der Waals surface area contributed by atoms with Crippen molar-refractivity contribution in [3.8, 4) is 0 Å². The Morgan fingerprint density at radius 2 is 1.65 bits per heavy atom. The molecule has 1 amide bonds. The lowest BCUT2D eigenvalue weighted by Crippen LogP contribution is -2.34. The fraction of sp³-hybridized carbons (Fsp3) is 0.261. The van der Waals surface area contributed by atoms with Crippen LogP contribution in [-0.4, -0.2) is 46.9 Å². The van der Waals surface area contributed by atoms with Crippen molar-refractivity contribution in [2.24, 2.45) is 0 Å². The number of sulfonamides is 1. The van der Waals surface area contributed by atoms with E-state index in [2.05, 4.69) is 16.3 Å². The molecule has 164 valence electrons. The van der Waals surface area contributed by atoms with Crippen molar-refractivity contribution >= 4 is 33.0 Å². The van der Waals surface area contributed by atoms with Gasteiger partial charge >= 0.3 is 0 Å². The number of hydrogen-bond acceptors (Lipinski definition) is 5. The Labute approximate surface area is 188 Å². The van der Waals surface area contributed by atoms with Crippen molar-refractivity contribution in [3.05, 3.63) is 82.0 Å². The molecule has 0 aliphatic rings. The Morgan fingerprint density at radius 1 is 1.00 bits per heavy atom. The summed E-state index contributed by atoms with van der Waals surface area (Å²) >= 11 is 1.66. The smallest absolute Gasteiger partial charge is 0.264 e. The summed E-state index contributed by atoms with van der Waals surface area (Å²) in [4.78, 5) is 16.1. The third kappa shape index (κ3) is 5.33. The van der Waals surface area contributed by atoms with E-state index >= 15 is 0 Å². The fourth-order valence-corrected chi connectivity index (χ4v) is 5.26. The standard InChI is InChI=1S/C23H27N3O3S2/c1-17-7-13-20(14-8-17)31(28,29)26(4)19-11-9-18(10-12-19)23(27)24-16-21(25(2)3)22-6-5-15-30-22/h5-15,21H,16H2,1-4H3,(H,24,27). The highest BCUT2D eigenvalue weighted by atomic mass is 32.2. The Hall–Kier alpha value is -2.68. The van der Waals surface area contributed by atoms with E-state index in [9.17, 15) is 13.2 Å². The molecular formula is C23H27N3O3S2. The van der Waals surface area contributed by atoms with E-state index in [0.29, 0.717) is 17.8 Å². The van der Waals surface area contributed by atoms with Gasteiger partial charge in [0.1, 0.15) is 0 Å². The zero-order chi connectivity index (χ0) is 22.6. The number of rotatable bonds is 8. The molecule has 1 aromatic heterocycles. The molecule has 0 fully saturated rings. The quantitative estimate of drug-likeness (QED) is 0.557. The number of carbonyl (C=O) groups is 1. The summed E-state index contributed by atoms with van der Waals surface area (Å²) in [6.45, 7) is 2.39. The van der Waals surface area contributed by atoms with Crippen LogP contribution in [0.4, 0.5) is 5.69 Å². The summed E-state index contributed by atoms with van der Waals surface area (Å²) in [6.07, 6.45) is 0. The first-order valence-corrected chi connectivity index (χ1v) is 12.2. The number of aryl methyl sites for hydroxylation is 1. The zero-order valence-electron chi connectivity index (χ0n) is 18.1. The molecule has 0 aliphatic carbocycles. The van der Waals surface area contributed by atoms with E-state index in [1.807, 2.05) is 32.5 Å². The molecule has 1 atom stereocenters. The molecule has 8 heteroatoms. The summed E-state index contributed by atoms with van der Waals surface area (Å²) in [5.74, 6) is -0.195. The number of benzene rings is 2. The molecule has 3 aromatic rings. The first-order chi connectivity index (χ1) is 14.7. The van der Waals surface area contributed by atoms with Crippen LogP contribution in [0.3, 0.4) is 0 Å². The molecule has 0 bridgehead atoms. The average Bonchev–Trinajstić information content (AvgIpc) is 3.28. The summed E-state index contributed by atoms with van der Waals surface area (Å²) in [5.41, 5.74) is 1.96. The van der Waals surface area contributed by atoms with E-state index in [1.165, 1.54) is 16.2 Å². The maximum atomic E-state index is 12.9. The maximum Gasteiger partial charge on any atom is 0.264 e. The number of thiophene rings is 1. The highest BCUT2D eigenvalue weighted by Gasteiger charge is 2.22. The molecule has 0 aliphatic heterocycles. The van der Waals surface area contributed by atoms with E-state index in [0.717, 1.165) is 5.56 Å². The molecule has 31 heavy (non-hydrogen) atoms. The Morgan fingerprint density at radius 3 is 2.19 bits per heavy atom. The van der Waals surface area contributed by atoms with Gasteiger partial charge in [-0.05, 0) is 68.9 Å². The average molecular weight is 458 g/mol. The summed E-state index contributed by atoms with van der Waals surface area (Å²) in [7, 11) is 1.80. The summed E-state index contributed by atoms with van der Waals surface area (Å²) in [5, 5.41) is 4.99. The maximum absolute atomic E-state index is 12.9. The van der Waals surface area contributed by atoms with Crippen LogP contribution < -0.4 is 9.62 Å². The van der Waals surface area contributed by atoms with E-state index in [-0.39, 0.29) is 16.8 Å². The third-order valence-corrected chi connectivity index (χ3v) is 7.90. The van der Waals surface area contributed by atoms with E-state index < -0.39 is 10.0 Å². The molecule has 2 aromatic carbocycles. The van der Waals surface area contributed by atoms with Crippen molar-refractivity contribution in [3.63, 3.8) is 0 Å². The second-order valence-corrected chi connectivity index (χ2v) is 10.5. The largest absolute Gasteiger partial charge is 0.350 e. The van der Waals surface area contributed by atoms with Gasteiger partial charge in [0.05, 0.1) is 16.6 Å². The number of amides is 1. The summed E-state index contributed by atoms with van der Waals surface area (Å²) < 4.78 is 26.9. The second kappa shape index (κ2) is 9.64. The van der Waals surface area contributed by atoms with Gasteiger partial charge in [0.2, 0.25) is 0 Å². The van der Waals surface area contributed by atoms with Crippen LogP contribution in [0.2, 0.25) is 0 Å². The molecule has 0 saturated carbocycles. The van der Waals surface area contributed by atoms with Gasteiger partial charge in [-0.2, -0.15) is 0 Å². The molecule has 1 N–H and O–H groups in total. The third-order valence-electron chi connectivity index (χ3n) is 5.12. The minimum Gasteiger partial charge on any atom is -0.350 e. The Bertz CT molecular complexity index is 1110. The van der Waals surface area contributed by atoms with Gasteiger partial charge in [0.25, 0.3) is 15.9 Å². The van der Waals surface area contributed by atoms with Crippen LogP contribution in [0.5, 0.6) is 0 Å². The zero-order valence-corrected chi connectivity index (χ0v) is 19.7. The van der Waals surface area contributed by atoms with Crippen LogP contribution in [0.1, 0.15) is 26.8 Å². The number of nitrogens with one attached hydrogen (secondary N) is 1. The topological polar surface area (TPSA) is 69.7 Å². The first-order valence-electron chi connectivity index (χ1n) is 9.84. The molecule has 1 unspecified atom stereocenters. The van der Waals surface area contributed by atoms with Gasteiger partial charge in [-0.3, -0.25) is 9.10 Å². The molecule has 0 spiro atoms. The van der Waals surface area contributed by atoms with Gasteiger partial charge in [0.15, 0.2) is 0 Å². The number of likely N-dealkylation sites (N-methyl/N-ethyl adjacent to an activating group) is 1. The van der Waals surface area contributed by atoms with Crippen molar-refractivity contribution in [2.45, 2.75) is 17.9 Å². The van der Waals surface area contributed by atoms with E-state index in [1.54, 1.807) is 59.9 Å². The van der Waals surface area contributed by atoms with Gasteiger partial charge in [-0.25, -0.2) is 8.42 Å². The van der Waals surface area contributed by atoms with Crippen molar-refractivity contribution in [1.29, 1.82) is 0 Å². The normalized spacial score (nSPS) is 12.5. The lowest BCUT2D eigenvalue weighted by molar-refractivity contribution is 0.0942. The van der Waals surface area contributed by atoms with Crippen LogP contribution in [0, 0.1) is 6.92 Å². The van der Waals surface area contributed by atoms with Gasteiger partial charge in [-0.15, -0.1) is 11.3 Å². The SMILES string of the molecule is Cc1ccc(S(=O)(=O)N(C)c2ccc(C(=O)NCC(c3cccs3)N(C)C)cc2)cc1. The monoisotopic (exact) mass is 457 g/mol. The highest BCUT2D eigenvalue weighted by molar-refractivity contribution is 7.92. The number of carbonyl (C=O) groups excluding carboxylic acids is 1. The fourth-order valence-electron chi connectivity index (χ4n) is 3.14. The van der Waals surface area contributed by atoms with Crippen LogP contribution in [0.25, 0.3) is 0 Å². The van der Waals surface area contributed by atoms with Crippen molar-refractivity contribution in [2.75, 3.05) is 32.0 Å². The summed E-state index contributed by atoms with van der Waals surface area (Å²) in [6, 6.07) is 17.4. The predicted molar refractivity (Wildman–Crippen MR) is 126 cm³/mol. The van der Waals surface area contributed by atoms with Crippen molar-refractivity contribution < 1.29 is 13.2 Å². The molecular weight excluding hydrogens is 430 g/mol. The highest BCUT2D eigenvalue weighted by Crippen LogP contribution is 2.24. The predicted octanol–water partition coefficient (Wildman–Crippen LogP) is 3.91. The Balaban J connectivity index is 1.69. The van der Waals surface area contributed by atoms with Crippen LogP contribution >= 0.6 is 11.3 Å². The first kappa shape index (κ1) is 23.0. The number of hydrogen-bond donors (Lipinski definition) is 1. The minimum atomic E-state index is -3.67. The van der Waals surface area contributed by atoms with Crippen LogP contribution in [-0.2, 0) is 10.0 Å². The molecule has 1 heterocycles. The van der Waals surface area contributed by atoms with Crippen LogP contribution in [0.15, 0.2) is 70.9 Å². The molecule has 3 rings (SSSR count). The van der Waals surface area contributed by atoms with E-state index in [4.69, 9.17) is 0 Å². The molecule has 6 nitrogen and oxygen atoms in total. The molecule has 0 radical (unpaired) electrons. The molecule has 0 saturated heterocycles. The van der Waals surface area contributed by atoms with Gasteiger partial charge < -0.3 is 10.2 Å².